The lowest BCUT2D eigenvalue weighted by Crippen LogP contribution is -2.15. The first kappa shape index (κ1) is 21.0. The van der Waals surface area contributed by atoms with Gasteiger partial charge in [-0.1, -0.05) is 29.5 Å². The van der Waals surface area contributed by atoms with Crippen molar-refractivity contribution in [1.29, 1.82) is 0 Å². The summed E-state index contributed by atoms with van der Waals surface area (Å²) in [6.07, 6.45) is 4.31. The minimum atomic E-state index is -0.0758. The third-order valence-electron chi connectivity index (χ3n) is 4.20. The molecule has 0 radical (unpaired) electrons. The Labute approximate surface area is 174 Å². The third-order valence-corrected chi connectivity index (χ3v) is 5.16. The van der Waals surface area contributed by atoms with Crippen LogP contribution in [-0.2, 0) is 16.1 Å². The molecule has 0 aliphatic carbocycles. The molecule has 0 saturated carbocycles. The fourth-order valence-electron chi connectivity index (χ4n) is 2.74. The van der Waals surface area contributed by atoms with Crippen molar-refractivity contribution in [3.63, 3.8) is 0 Å². The molecule has 0 fully saturated rings. The number of rotatable bonds is 10. The number of carbonyl (C=O) groups excluding carboxylic acids is 1. The van der Waals surface area contributed by atoms with E-state index in [2.05, 4.69) is 20.5 Å². The van der Waals surface area contributed by atoms with Crippen LogP contribution in [0.4, 0.5) is 5.69 Å². The number of ether oxygens (including phenoxy) is 1. The van der Waals surface area contributed by atoms with Gasteiger partial charge >= 0.3 is 0 Å². The molecule has 0 bridgehead atoms. The van der Waals surface area contributed by atoms with Crippen LogP contribution in [0.25, 0.3) is 11.4 Å². The second kappa shape index (κ2) is 10.7. The van der Waals surface area contributed by atoms with Gasteiger partial charge in [-0.05, 0) is 44.5 Å². The number of hydrogen-bond donors (Lipinski definition) is 1. The summed E-state index contributed by atoms with van der Waals surface area (Å²) in [5.74, 6) is 0.951. The Morgan fingerprint density at radius 1 is 1.14 bits per heavy atom. The number of amides is 1. The van der Waals surface area contributed by atoms with E-state index in [0.29, 0.717) is 24.9 Å². The maximum Gasteiger partial charge on any atom is 0.234 e. The van der Waals surface area contributed by atoms with Gasteiger partial charge in [0.25, 0.3) is 0 Å². The Bertz CT molecular complexity index is 913. The molecule has 0 aliphatic rings. The molecule has 29 heavy (non-hydrogen) atoms. The first-order chi connectivity index (χ1) is 14.2. The fourth-order valence-corrected chi connectivity index (χ4v) is 3.51. The zero-order chi connectivity index (χ0) is 20.5. The lowest BCUT2D eigenvalue weighted by molar-refractivity contribution is -0.113. The number of nitrogens with zero attached hydrogens (tertiary/aromatic N) is 4. The number of nitrogens with one attached hydrogen (secondary N) is 1. The summed E-state index contributed by atoms with van der Waals surface area (Å²) in [5.41, 5.74) is 2.89. The minimum Gasteiger partial charge on any atom is -0.382 e. The van der Waals surface area contributed by atoms with Crippen LogP contribution in [0.2, 0.25) is 0 Å². The summed E-state index contributed by atoms with van der Waals surface area (Å²) in [6, 6.07) is 11.5. The number of thioether (sulfide) groups is 1. The zero-order valence-electron chi connectivity index (χ0n) is 16.7. The second-order valence-electron chi connectivity index (χ2n) is 6.45. The van der Waals surface area contributed by atoms with Crippen molar-refractivity contribution < 1.29 is 9.53 Å². The van der Waals surface area contributed by atoms with E-state index in [-0.39, 0.29) is 11.7 Å². The maximum absolute atomic E-state index is 12.3. The minimum absolute atomic E-state index is 0.0758. The van der Waals surface area contributed by atoms with Crippen molar-refractivity contribution in [1.82, 2.24) is 19.7 Å². The van der Waals surface area contributed by atoms with Crippen LogP contribution in [-0.4, -0.2) is 44.6 Å². The molecule has 1 N–H and O–H groups in total. The van der Waals surface area contributed by atoms with Crippen LogP contribution in [0.1, 0.15) is 18.9 Å². The topological polar surface area (TPSA) is 81.9 Å². The number of anilines is 1. The number of aryl methyl sites for hydroxylation is 1. The molecular formula is C21H25N5O2S. The maximum atomic E-state index is 12.3. The number of benzene rings is 1. The van der Waals surface area contributed by atoms with Gasteiger partial charge in [0.05, 0.1) is 5.75 Å². The second-order valence-corrected chi connectivity index (χ2v) is 7.39. The SMILES string of the molecule is CCOCCCn1c(SCC(=O)Nc2ccc(C)cc2)nnc1-c1ccncc1. The van der Waals surface area contributed by atoms with Gasteiger partial charge in [0.15, 0.2) is 11.0 Å². The van der Waals surface area contributed by atoms with Crippen LogP contribution in [0.5, 0.6) is 0 Å². The van der Waals surface area contributed by atoms with Crippen LogP contribution in [0.3, 0.4) is 0 Å². The van der Waals surface area contributed by atoms with Crippen molar-refractivity contribution >= 4 is 23.4 Å². The van der Waals surface area contributed by atoms with Crippen molar-refractivity contribution in [2.24, 2.45) is 0 Å². The van der Waals surface area contributed by atoms with Gasteiger partial charge < -0.3 is 14.6 Å². The Kier molecular flexibility index (Phi) is 7.77. The molecule has 0 unspecified atom stereocenters. The lowest BCUT2D eigenvalue weighted by atomic mass is 10.2. The van der Waals surface area contributed by atoms with Gasteiger partial charge in [0.1, 0.15) is 0 Å². The average Bonchev–Trinajstić information content (AvgIpc) is 3.15. The Morgan fingerprint density at radius 2 is 1.90 bits per heavy atom. The van der Waals surface area contributed by atoms with Crippen molar-refractivity contribution in [3.8, 4) is 11.4 Å². The average molecular weight is 412 g/mol. The summed E-state index contributed by atoms with van der Waals surface area (Å²) in [6.45, 7) is 6.07. The molecule has 0 aliphatic heterocycles. The molecule has 152 valence electrons. The van der Waals surface area contributed by atoms with Gasteiger partial charge in [-0.3, -0.25) is 9.78 Å². The summed E-state index contributed by atoms with van der Waals surface area (Å²) in [4.78, 5) is 16.4. The van der Waals surface area contributed by atoms with E-state index < -0.39 is 0 Å². The molecule has 1 aromatic carbocycles. The van der Waals surface area contributed by atoms with E-state index in [4.69, 9.17) is 4.74 Å². The van der Waals surface area contributed by atoms with Crippen LogP contribution >= 0.6 is 11.8 Å². The third kappa shape index (κ3) is 6.13. The van der Waals surface area contributed by atoms with E-state index in [1.165, 1.54) is 11.8 Å². The quantitative estimate of drug-likeness (QED) is 0.404. The highest BCUT2D eigenvalue weighted by Gasteiger charge is 2.15. The molecule has 0 atom stereocenters. The molecular weight excluding hydrogens is 386 g/mol. The summed E-state index contributed by atoms with van der Waals surface area (Å²) in [7, 11) is 0. The van der Waals surface area contributed by atoms with E-state index in [1.807, 2.05) is 54.8 Å². The standard InChI is InChI=1S/C21H25N5O2S/c1-3-28-14-4-13-26-20(17-9-11-22-12-10-17)24-25-21(26)29-15-19(27)23-18-7-5-16(2)6-8-18/h5-12H,3-4,13-15H2,1-2H3,(H,23,27). The van der Waals surface area contributed by atoms with Crippen LogP contribution < -0.4 is 5.32 Å². The number of pyridine rings is 1. The van der Waals surface area contributed by atoms with E-state index >= 15 is 0 Å². The molecule has 3 aromatic rings. The van der Waals surface area contributed by atoms with Gasteiger partial charge in [-0.2, -0.15) is 0 Å². The van der Waals surface area contributed by atoms with E-state index in [0.717, 1.165) is 29.1 Å². The van der Waals surface area contributed by atoms with Gasteiger partial charge in [-0.15, -0.1) is 10.2 Å². The predicted molar refractivity (Wildman–Crippen MR) is 115 cm³/mol. The molecule has 0 spiro atoms. The monoisotopic (exact) mass is 411 g/mol. The molecule has 1 amide bonds. The number of carbonyl (C=O) groups is 1. The van der Waals surface area contributed by atoms with Crippen molar-refractivity contribution in [3.05, 3.63) is 54.4 Å². The van der Waals surface area contributed by atoms with Crippen molar-refractivity contribution in [2.75, 3.05) is 24.3 Å². The highest BCUT2D eigenvalue weighted by Crippen LogP contribution is 2.24. The Morgan fingerprint density at radius 3 is 2.62 bits per heavy atom. The molecule has 8 heteroatoms. The first-order valence-electron chi connectivity index (χ1n) is 9.58. The number of aromatic nitrogens is 4. The fraction of sp³-hybridized carbons (Fsp3) is 0.333. The van der Waals surface area contributed by atoms with Crippen LogP contribution in [0.15, 0.2) is 53.9 Å². The Hall–Kier alpha value is -2.71. The normalized spacial score (nSPS) is 10.8. The van der Waals surface area contributed by atoms with Crippen LogP contribution in [0, 0.1) is 6.92 Å². The van der Waals surface area contributed by atoms with Gasteiger partial charge in [-0.25, -0.2) is 0 Å². The highest BCUT2D eigenvalue weighted by atomic mass is 32.2. The molecule has 0 saturated heterocycles. The zero-order valence-corrected chi connectivity index (χ0v) is 17.5. The summed E-state index contributed by atoms with van der Waals surface area (Å²) < 4.78 is 7.49. The molecule has 2 heterocycles. The van der Waals surface area contributed by atoms with Gasteiger partial charge in [0.2, 0.25) is 5.91 Å². The smallest absolute Gasteiger partial charge is 0.234 e. The predicted octanol–water partition coefficient (Wildman–Crippen LogP) is 3.81. The number of hydrogen-bond acceptors (Lipinski definition) is 6. The van der Waals surface area contributed by atoms with E-state index in [1.54, 1.807) is 12.4 Å². The molecule has 2 aromatic heterocycles. The van der Waals surface area contributed by atoms with Crippen molar-refractivity contribution in [2.45, 2.75) is 32.0 Å². The first-order valence-corrected chi connectivity index (χ1v) is 10.6. The largest absolute Gasteiger partial charge is 0.382 e. The van der Waals surface area contributed by atoms with Gasteiger partial charge in [0, 0.05) is 43.4 Å². The molecule has 3 rings (SSSR count). The summed E-state index contributed by atoms with van der Waals surface area (Å²) in [5, 5.41) is 12.3. The lowest BCUT2D eigenvalue weighted by Gasteiger charge is -2.10. The summed E-state index contributed by atoms with van der Waals surface area (Å²) >= 11 is 1.38. The molecule has 7 nitrogen and oxygen atoms in total. The van der Waals surface area contributed by atoms with E-state index in [9.17, 15) is 4.79 Å². The highest BCUT2D eigenvalue weighted by molar-refractivity contribution is 7.99. The Balaban J connectivity index is 1.67.